The Hall–Kier alpha value is -2.48. The van der Waals surface area contributed by atoms with E-state index in [1.807, 2.05) is 0 Å². The Labute approximate surface area is 163 Å². The summed E-state index contributed by atoms with van der Waals surface area (Å²) in [5.74, 6) is -1.50. The van der Waals surface area contributed by atoms with Crippen LogP contribution in [0.3, 0.4) is 0 Å². The van der Waals surface area contributed by atoms with Crippen molar-refractivity contribution in [1.29, 1.82) is 0 Å². The number of carbonyl (C=O) groups excluding carboxylic acids is 1. The van der Waals surface area contributed by atoms with Gasteiger partial charge in [-0.05, 0) is 54.7 Å². The fraction of sp³-hybridized carbons (Fsp3) is 0.350. The van der Waals surface area contributed by atoms with E-state index in [9.17, 15) is 22.0 Å². The molecule has 1 amide bonds. The van der Waals surface area contributed by atoms with Crippen molar-refractivity contribution in [3.8, 4) is 0 Å². The molecule has 0 aromatic heterocycles. The van der Waals surface area contributed by atoms with E-state index in [2.05, 4.69) is 18.6 Å². The zero-order valence-corrected chi connectivity index (χ0v) is 16.5. The molecular formula is C20H22F2N2O3S. The van der Waals surface area contributed by atoms with Gasteiger partial charge in [-0.3, -0.25) is 9.52 Å². The molecule has 8 heteroatoms. The van der Waals surface area contributed by atoms with Crippen molar-refractivity contribution >= 4 is 27.3 Å². The number of benzene rings is 2. The lowest BCUT2D eigenvalue weighted by Gasteiger charge is -2.30. The van der Waals surface area contributed by atoms with E-state index in [1.165, 1.54) is 0 Å². The monoisotopic (exact) mass is 408 g/mol. The molecule has 1 aliphatic heterocycles. The van der Waals surface area contributed by atoms with E-state index in [-0.39, 0.29) is 11.6 Å². The fourth-order valence-corrected chi connectivity index (χ4v) is 4.27. The van der Waals surface area contributed by atoms with Crippen LogP contribution in [0.15, 0.2) is 41.3 Å². The van der Waals surface area contributed by atoms with Gasteiger partial charge >= 0.3 is 0 Å². The van der Waals surface area contributed by atoms with Crippen molar-refractivity contribution in [3.63, 3.8) is 0 Å². The van der Waals surface area contributed by atoms with Gasteiger partial charge in [0.25, 0.3) is 10.0 Å². The summed E-state index contributed by atoms with van der Waals surface area (Å²) in [6.07, 6.45) is 1.73. The number of hydrogen-bond donors (Lipinski definition) is 1. The molecule has 0 spiro atoms. The smallest absolute Gasteiger partial charge is 0.264 e. The van der Waals surface area contributed by atoms with Crippen molar-refractivity contribution in [2.45, 2.75) is 38.0 Å². The maximum absolute atomic E-state index is 13.9. The number of amides is 1. The maximum atomic E-state index is 13.9. The van der Waals surface area contributed by atoms with Gasteiger partial charge in [-0.15, -0.1) is 0 Å². The Morgan fingerprint density at radius 3 is 2.54 bits per heavy atom. The molecule has 1 aliphatic rings. The maximum Gasteiger partial charge on any atom is 0.264 e. The van der Waals surface area contributed by atoms with E-state index < -0.39 is 26.6 Å². The first-order chi connectivity index (χ1) is 13.2. The largest absolute Gasteiger partial charge is 0.312 e. The van der Waals surface area contributed by atoms with Crippen LogP contribution in [0, 0.1) is 17.6 Å². The standard InChI is InChI=1S/C20H22F2N2O3S/c1-13(2)9-10-24-18-6-5-16(11-14(18)3-8-20(24)25)23-28(26,27)19-7-4-15(21)12-17(19)22/h4-7,11-13,23H,3,8-10H2,1-2H3. The molecule has 0 bridgehead atoms. The van der Waals surface area contributed by atoms with Gasteiger partial charge < -0.3 is 4.90 Å². The zero-order chi connectivity index (χ0) is 20.5. The highest BCUT2D eigenvalue weighted by Crippen LogP contribution is 2.31. The first-order valence-corrected chi connectivity index (χ1v) is 10.6. The molecule has 150 valence electrons. The number of sulfonamides is 1. The minimum Gasteiger partial charge on any atom is -0.312 e. The minimum atomic E-state index is -4.21. The summed E-state index contributed by atoms with van der Waals surface area (Å²) in [4.78, 5) is 13.4. The van der Waals surface area contributed by atoms with Crippen molar-refractivity contribution in [3.05, 3.63) is 53.6 Å². The number of aryl methyl sites for hydroxylation is 1. The highest BCUT2D eigenvalue weighted by atomic mass is 32.2. The number of rotatable bonds is 6. The topological polar surface area (TPSA) is 66.5 Å². The fourth-order valence-electron chi connectivity index (χ4n) is 3.16. The first-order valence-electron chi connectivity index (χ1n) is 9.08. The number of fused-ring (bicyclic) bond motifs is 1. The molecule has 1 N–H and O–H groups in total. The van der Waals surface area contributed by atoms with Gasteiger partial charge in [0.2, 0.25) is 5.91 Å². The van der Waals surface area contributed by atoms with Gasteiger partial charge in [-0.2, -0.15) is 0 Å². The van der Waals surface area contributed by atoms with Crippen molar-refractivity contribution in [1.82, 2.24) is 0 Å². The molecule has 0 radical (unpaired) electrons. The molecule has 0 unspecified atom stereocenters. The second-order valence-electron chi connectivity index (χ2n) is 7.25. The summed E-state index contributed by atoms with van der Waals surface area (Å²) in [5.41, 5.74) is 1.89. The first kappa shape index (κ1) is 20.3. The zero-order valence-electron chi connectivity index (χ0n) is 15.7. The van der Waals surface area contributed by atoms with Crippen LogP contribution in [0.1, 0.15) is 32.3 Å². The molecule has 0 aliphatic carbocycles. The second kappa shape index (κ2) is 7.87. The number of halogens is 2. The van der Waals surface area contributed by atoms with Crippen molar-refractivity contribution in [2.75, 3.05) is 16.2 Å². The Morgan fingerprint density at radius 1 is 1.11 bits per heavy atom. The number of carbonyl (C=O) groups is 1. The third-order valence-electron chi connectivity index (χ3n) is 4.65. The van der Waals surface area contributed by atoms with Gasteiger partial charge in [-0.1, -0.05) is 13.8 Å². The third-order valence-corrected chi connectivity index (χ3v) is 6.06. The summed E-state index contributed by atoms with van der Waals surface area (Å²) in [7, 11) is -4.21. The van der Waals surface area contributed by atoms with Gasteiger partial charge in [0, 0.05) is 30.4 Å². The molecule has 28 heavy (non-hydrogen) atoms. The summed E-state index contributed by atoms with van der Waals surface area (Å²) >= 11 is 0. The SMILES string of the molecule is CC(C)CCN1C(=O)CCc2cc(NS(=O)(=O)c3ccc(F)cc3F)ccc21. The van der Waals surface area contributed by atoms with Crippen LogP contribution in [0.25, 0.3) is 0 Å². The molecule has 0 saturated heterocycles. The highest BCUT2D eigenvalue weighted by Gasteiger charge is 2.25. The average Bonchev–Trinajstić information content (AvgIpc) is 2.60. The number of nitrogens with one attached hydrogen (secondary N) is 1. The van der Waals surface area contributed by atoms with Crippen LogP contribution < -0.4 is 9.62 Å². The lowest BCUT2D eigenvalue weighted by Crippen LogP contribution is -2.36. The molecule has 0 atom stereocenters. The highest BCUT2D eigenvalue weighted by molar-refractivity contribution is 7.92. The van der Waals surface area contributed by atoms with E-state index >= 15 is 0 Å². The average molecular weight is 408 g/mol. The number of nitrogens with zero attached hydrogens (tertiary/aromatic N) is 1. The van der Waals surface area contributed by atoms with Gasteiger partial charge in [-0.25, -0.2) is 17.2 Å². The molecule has 1 heterocycles. The molecule has 3 rings (SSSR count). The second-order valence-corrected chi connectivity index (χ2v) is 8.90. The van der Waals surface area contributed by atoms with Crippen LogP contribution in [0.4, 0.5) is 20.2 Å². The molecule has 2 aromatic rings. The Morgan fingerprint density at radius 2 is 1.86 bits per heavy atom. The Bertz CT molecular complexity index is 1010. The predicted molar refractivity (Wildman–Crippen MR) is 104 cm³/mol. The van der Waals surface area contributed by atoms with Crippen LogP contribution >= 0.6 is 0 Å². The molecule has 2 aromatic carbocycles. The number of anilines is 2. The molecule has 5 nitrogen and oxygen atoms in total. The quantitative estimate of drug-likeness (QED) is 0.783. The van der Waals surface area contributed by atoms with Gasteiger partial charge in [0.15, 0.2) is 0 Å². The van der Waals surface area contributed by atoms with Crippen LogP contribution in [-0.4, -0.2) is 20.9 Å². The third kappa shape index (κ3) is 4.32. The lowest BCUT2D eigenvalue weighted by molar-refractivity contribution is -0.118. The van der Waals surface area contributed by atoms with Gasteiger partial charge in [0.05, 0.1) is 0 Å². The molecular weight excluding hydrogens is 386 g/mol. The summed E-state index contributed by atoms with van der Waals surface area (Å²) in [6, 6.07) is 7.20. The Balaban J connectivity index is 1.86. The van der Waals surface area contributed by atoms with E-state index in [1.54, 1.807) is 23.1 Å². The molecule has 0 fully saturated rings. The molecule has 0 saturated carbocycles. The summed E-state index contributed by atoms with van der Waals surface area (Å²) < 4.78 is 54.2. The van der Waals surface area contributed by atoms with E-state index in [0.717, 1.165) is 29.8 Å². The predicted octanol–water partition coefficient (Wildman–Crippen LogP) is 4.09. The van der Waals surface area contributed by atoms with E-state index in [0.29, 0.717) is 31.4 Å². The minimum absolute atomic E-state index is 0.0508. The van der Waals surface area contributed by atoms with Gasteiger partial charge in [0.1, 0.15) is 16.5 Å². The Kier molecular flexibility index (Phi) is 5.69. The number of hydrogen-bond acceptors (Lipinski definition) is 3. The van der Waals surface area contributed by atoms with Crippen LogP contribution in [-0.2, 0) is 21.2 Å². The van der Waals surface area contributed by atoms with Crippen molar-refractivity contribution < 1.29 is 22.0 Å². The lowest BCUT2D eigenvalue weighted by atomic mass is 9.99. The van der Waals surface area contributed by atoms with E-state index in [4.69, 9.17) is 0 Å². The summed E-state index contributed by atoms with van der Waals surface area (Å²) in [5, 5.41) is 0. The van der Waals surface area contributed by atoms with Crippen LogP contribution in [0.5, 0.6) is 0 Å². The van der Waals surface area contributed by atoms with Crippen molar-refractivity contribution in [2.24, 2.45) is 5.92 Å². The normalized spacial score (nSPS) is 14.3. The van der Waals surface area contributed by atoms with Crippen LogP contribution in [0.2, 0.25) is 0 Å². The summed E-state index contributed by atoms with van der Waals surface area (Å²) in [6.45, 7) is 4.78.